The molecule has 1 amide bonds. The van der Waals surface area contributed by atoms with Crippen molar-refractivity contribution in [3.63, 3.8) is 0 Å². The van der Waals surface area contributed by atoms with Crippen molar-refractivity contribution in [2.45, 2.75) is 23.9 Å². The molecule has 0 aliphatic carbocycles. The van der Waals surface area contributed by atoms with Crippen LogP contribution in [0.2, 0.25) is 0 Å². The summed E-state index contributed by atoms with van der Waals surface area (Å²) in [6.07, 6.45) is 0. The maximum absolute atomic E-state index is 12.3. The number of amides is 1. The number of carbonyl (C=O) groups excluding carboxylic acids is 1. The first-order valence-corrected chi connectivity index (χ1v) is 9.76. The highest BCUT2D eigenvalue weighted by molar-refractivity contribution is 8.00. The molecule has 0 aliphatic rings. The lowest BCUT2D eigenvalue weighted by molar-refractivity contribution is -0.113. The molecule has 0 aliphatic heterocycles. The smallest absolute Gasteiger partial charge is 0.256 e. The number of thioether (sulfide) groups is 2. The molecule has 3 rings (SSSR count). The number of para-hydroxylation sites is 1. The van der Waals surface area contributed by atoms with E-state index in [9.17, 15) is 4.79 Å². The normalized spacial score (nSPS) is 10.7. The van der Waals surface area contributed by atoms with E-state index in [1.54, 1.807) is 0 Å². The Kier molecular flexibility index (Phi) is 5.75. The van der Waals surface area contributed by atoms with Crippen LogP contribution in [0.5, 0.6) is 0 Å². The quantitative estimate of drug-likeness (QED) is 0.652. The van der Waals surface area contributed by atoms with Crippen LogP contribution in [-0.2, 0) is 4.79 Å². The van der Waals surface area contributed by atoms with Crippen molar-refractivity contribution in [2.75, 3.05) is 16.8 Å². The van der Waals surface area contributed by atoms with Crippen molar-refractivity contribution in [3.8, 4) is 6.07 Å². The maximum atomic E-state index is 12.3. The first-order valence-electron chi connectivity index (χ1n) is 7.79. The lowest BCUT2D eigenvalue weighted by atomic mass is 10.3. The van der Waals surface area contributed by atoms with Gasteiger partial charge in [-0.3, -0.25) is 9.20 Å². The maximum Gasteiger partial charge on any atom is 0.256 e. The Balaban J connectivity index is 1.68. The van der Waals surface area contributed by atoms with Gasteiger partial charge in [0.15, 0.2) is 5.16 Å². The van der Waals surface area contributed by atoms with Crippen LogP contribution in [0.3, 0.4) is 0 Å². The fourth-order valence-corrected chi connectivity index (χ4v) is 3.87. The number of benzene rings is 1. The Morgan fingerprint density at radius 3 is 2.88 bits per heavy atom. The Morgan fingerprint density at radius 1 is 1.27 bits per heavy atom. The molecule has 0 saturated carbocycles. The molecule has 1 aromatic carbocycles. The van der Waals surface area contributed by atoms with Crippen LogP contribution in [0, 0.1) is 25.2 Å². The number of anilines is 1. The fourth-order valence-electron chi connectivity index (χ4n) is 2.42. The molecule has 0 radical (unpaired) electrons. The fraction of sp³-hybridized carbons (Fsp3) is 0.235. The minimum Gasteiger partial charge on any atom is -0.324 e. The highest BCUT2D eigenvalue weighted by Crippen LogP contribution is 2.27. The van der Waals surface area contributed by atoms with E-state index in [-0.39, 0.29) is 11.7 Å². The van der Waals surface area contributed by atoms with Gasteiger partial charge in [0, 0.05) is 16.3 Å². The third-order valence-corrected chi connectivity index (χ3v) is 5.32. The predicted molar refractivity (Wildman–Crippen MR) is 102 cm³/mol. The number of aromatic nitrogens is 4. The summed E-state index contributed by atoms with van der Waals surface area (Å²) in [5.41, 5.74) is 2.56. The summed E-state index contributed by atoms with van der Waals surface area (Å²) in [7, 11) is 0. The first-order chi connectivity index (χ1) is 12.6. The number of hydrogen-bond acceptors (Lipinski definition) is 7. The standard InChI is InChI=1S/C17H16N6OS2/c1-11-9-12(2)23-16(19-11)21-22-17(23)26-10-15(24)20-13-5-3-4-6-14(13)25-8-7-18/h3-6,9H,8,10H2,1-2H3,(H,20,24). The average Bonchev–Trinajstić information content (AvgIpc) is 3.02. The Bertz CT molecular complexity index is 995. The van der Waals surface area contributed by atoms with Crippen LogP contribution in [-0.4, -0.2) is 37.0 Å². The lowest BCUT2D eigenvalue weighted by Crippen LogP contribution is -2.15. The van der Waals surface area contributed by atoms with E-state index in [1.807, 2.05) is 48.6 Å². The SMILES string of the molecule is Cc1cc(C)n2c(SCC(=O)Nc3ccccc3SCC#N)nnc2n1. The summed E-state index contributed by atoms with van der Waals surface area (Å²) in [5.74, 6) is 0.919. The van der Waals surface area contributed by atoms with Gasteiger partial charge in [0.2, 0.25) is 5.91 Å². The average molecular weight is 384 g/mol. The van der Waals surface area contributed by atoms with Crippen molar-refractivity contribution < 1.29 is 4.79 Å². The molecule has 0 fully saturated rings. The van der Waals surface area contributed by atoms with Gasteiger partial charge in [-0.05, 0) is 32.0 Å². The van der Waals surface area contributed by atoms with E-state index >= 15 is 0 Å². The highest BCUT2D eigenvalue weighted by atomic mass is 32.2. The topological polar surface area (TPSA) is 96.0 Å². The number of nitrogens with zero attached hydrogens (tertiary/aromatic N) is 5. The van der Waals surface area contributed by atoms with Crippen LogP contribution < -0.4 is 5.32 Å². The molecular formula is C17H16N6OS2. The Morgan fingerprint density at radius 2 is 2.08 bits per heavy atom. The van der Waals surface area contributed by atoms with Crippen LogP contribution in [0.25, 0.3) is 5.78 Å². The number of carbonyl (C=O) groups is 1. The van der Waals surface area contributed by atoms with Crippen LogP contribution in [0.4, 0.5) is 5.69 Å². The van der Waals surface area contributed by atoms with E-state index in [4.69, 9.17) is 5.26 Å². The van der Waals surface area contributed by atoms with E-state index in [0.717, 1.165) is 16.3 Å². The number of aryl methyl sites for hydroxylation is 2. The minimum atomic E-state index is -0.144. The molecule has 7 nitrogen and oxygen atoms in total. The lowest BCUT2D eigenvalue weighted by Gasteiger charge is -2.09. The summed E-state index contributed by atoms with van der Waals surface area (Å²) in [6, 6.07) is 11.5. The third-order valence-electron chi connectivity index (χ3n) is 3.45. The molecule has 0 unspecified atom stereocenters. The van der Waals surface area contributed by atoms with Gasteiger partial charge in [-0.15, -0.1) is 22.0 Å². The zero-order chi connectivity index (χ0) is 18.5. The Labute approximate surface area is 159 Å². The van der Waals surface area contributed by atoms with Crippen LogP contribution in [0.1, 0.15) is 11.4 Å². The molecular weight excluding hydrogens is 368 g/mol. The van der Waals surface area contributed by atoms with Crippen molar-refractivity contribution in [1.29, 1.82) is 5.26 Å². The monoisotopic (exact) mass is 384 g/mol. The van der Waals surface area contributed by atoms with Gasteiger partial charge >= 0.3 is 0 Å². The summed E-state index contributed by atoms with van der Waals surface area (Å²) >= 11 is 2.70. The van der Waals surface area contributed by atoms with Gasteiger partial charge in [-0.25, -0.2) is 4.98 Å². The predicted octanol–water partition coefficient (Wildman–Crippen LogP) is 3.09. The molecule has 9 heteroatoms. The summed E-state index contributed by atoms with van der Waals surface area (Å²) in [6.45, 7) is 3.86. The van der Waals surface area contributed by atoms with Gasteiger partial charge in [0.1, 0.15) is 0 Å². The minimum absolute atomic E-state index is 0.144. The largest absolute Gasteiger partial charge is 0.324 e. The molecule has 0 atom stereocenters. The number of hydrogen-bond donors (Lipinski definition) is 1. The van der Waals surface area contributed by atoms with Gasteiger partial charge in [-0.2, -0.15) is 5.26 Å². The molecule has 26 heavy (non-hydrogen) atoms. The number of rotatable bonds is 6. The third kappa shape index (κ3) is 4.15. The second-order valence-electron chi connectivity index (χ2n) is 5.44. The zero-order valence-corrected chi connectivity index (χ0v) is 15.9. The first kappa shape index (κ1) is 18.2. The van der Waals surface area contributed by atoms with Crippen molar-refractivity contribution in [3.05, 3.63) is 41.7 Å². The van der Waals surface area contributed by atoms with Crippen molar-refractivity contribution in [1.82, 2.24) is 19.6 Å². The number of nitriles is 1. The second kappa shape index (κ2) is 8.21. The molecule has 132 valence electrons. The molecule has 3 aromatic rings. The van der Waals surface area contributed by atoms with Crippen molar-refractivity contribution in [2.24, 2.45) is 0 Å². The molecule has 0 spiro atoms. The van der Waals surface area contributed by atoms with Gasteiger partial charge in [0.25, 0.3) is 5.78 Å². The summed E-state index contributed by atoms with van der Waals surface area (Å²) < 4.78 is 1.83. The number of nitrogens with one attached hydrogen (secondary N) is 1. The van der Waals surface area contributed by atoms with E-state index in [1.165, 1.54) is 23.5 Å². The van der Waals surface area contributed by atoms with Gasteiger partial charge < -0.3 is 5.32 Å². The van der Waals surface area contributed by atoms with Gasteiger partial charge in [-0.1, -0.05) is 23.9 Å². The molecule has 0 bridgehead atoms. The Hall–Kier alpha value is -2.57. The molecule has 0 saturated heterocycles. The van der Waals surface area contributed by atoms with E-state index in [0.29, 0.717) is 22.4 Å². The summed E-state index contributed by atoms with van der Waals surface area (Å²) in [4.78, 5) is 17.5. The molecule has 2 heterocycles. The van der Waals surface area contributed by atoms with E-state index in [2.05, 4.69) is 26.6 Å². The molecule has 2 aromatic heterocycles. The second-order valence-corrected chi connectivity index (χ2v) is 7.40. The van der Waals surface area contributed by atoms with Gasteiger partial charge in [0.05, 0.1) is 23.3 Å². The number of fused-ring (bicyclic) bond motifs is 1. The van der Waals surface area contributed by atoms with E-state index < -0.39 is 0 Å². The van der Waals surface area contributed by atoms with Crippen LogP contribution >= 0.6 is 23.5 Å². The molecule has 1 N–H and O–H groups in total. The van der Waals surface area contributed by atoms with Crippen molar-refractivity contribution >= 4 is 40.9 Å². The van der Waals surface area contributed by atoms with Crippen LogP contribution in [0.15, 0.2) is 40.4 Å². The zero-order valence-electron chi connectivity index (χ0n) is 14.3. The highest BCUT2D eigenvalue weighted by Gasteiger charge is 2.13. The summed E-state index contributed by atoms with van der Waals surface area (Å²) in [5, 5.41) is 20.4.